The van der Waals surface area contributed by atoms with Crippen LogP contribution < -0.4 is 15.8 Å². The molecule has 0 heterocycles. The van der Waals surface area contributed by atoms with Gasteiger partial charge in [0, 0.05) is 32.9 Å². The van der Waals surface area contributed by atoms with Gasteiger partial charge in [0.2, 0.25) is 0 Å². The number of carbonyl (C=O) groups is 1. The predicted octanol–water partition coefficient (Wildman–Crippen LogP) is 1.25. The van der Waals surface area contributed by atoms with Crippen LogP contribution in [0.1, 0.15) is 42.3 Å². The zero-order valence-electron chi connectivity index (χ0n) is 15.3. The topological polar surface area (TPSA) is 103 Å². The fourth-order valence-corrected chi connectivity index (χ4v) is 2.26. The molecule has 25 heavy (non-hydrogen) atoms. The number of aliphatic hydroxyl groups is 1. The van der Waals surface area contributed by atoms with Crippen molar-refractivity contribution < 1.29 is 24.1 Å². The Kier molecular flexibility index (Phi) is 10.1. The molecular weight excluding hydrogens is 324 g/mol. The lowest BCUT2D eigenvalue weighted by atomic mass is 10.0. The van der Waals surface area contributed by atoms with E-state index in [1.807, 2.05) is 13.8 Å². The molecule has 0 aromatic heterocycles. The second kappa shape index (κ2) is 11.8. The largest absolute Gasteiger partial charge is 0.490 e. The number of amides is 1. The third-order valence-corrected chi connectivity index (χ3v) is 3.76. The van der Waals surface area contributed by atoms with Crippen molar-refractivity contribution in [2.75, 3.05) is 40.1 Å². The molecule has 0 spiro atoms. The van der Waals surface area contributed by atoms with Gasteiger partial charge < -0.3 is 30.4 Å². The molecular formula is C18H30N2O5. The molecule has 0 aliphatic carbocycles. The van der Waals surface area contributed by atoms with Crippen LogP contribution in [0, 0.1) is 0 Å². The van der Waals surface area contributed by atoms with Crippen LogP contribution in [0.15, 0.2) is 18.2 Å². The number of benzene rings is 1. The summed E-state index contributed by atoms with van der Waals surface area (Å²) in [6.07, 6.45) is 0.100. The van der Waals surface area contributed by atoms with Crippen molar-refractivity contribution in [3.8, 4) is 5.75 Å². The van der Waals surface area contributed by atoms with E-state index in [1.54, 1.807) is 25.3 Å². The van der Waals surface area contributed by atoms with E-state index in [-0.39, 0.29) is 11.6 Å². The number of methoxy groups -OCH3 is 1. The zero-order valence-corrected chi connectivity index (χ0v) is 15.3. The summed E-state index contributed by atoms with van der Waals surface area (Å²) in [7, 11) is 1.66. The second-order valence-corrected chi connectivity index (χ2v) is 5.77. The van der Waals surface area contributed by atoms with Gasteiger partial charge in [-0.05, 0) is 38.0 Å². The molecule has 0 radical (unpaired) electrons. The third-order valence-electron chi connectivity index (χ3n) is 3.76. The van der Waals surface area contributed by atoms with Gasteiger partial charge in [0.05, 0.1) is 18.3 Å². The van der Waals surface area contributed by atoms with Crippen LogP contribution in [-0.2, 0) is 9.47 Å². The first-order valence-electron chi connectivity index (χ1n) is 8.54. The minimum atomic E-state index is -0.749. The number of primary amides is 1. The van der Waals surface area contributed by atoms with E-state index >= 15 is 0 Å². The molecule has 1 amide bonds. The summed E-state index contributed by atoms with van der Waals surface area (Å²) in [6.45, 7) is 6.31. The van der Waals surface area contributed by atoms with Crippen molar-refractivity contribution >= 4 is 5.91 Å². The fraction of sp³-hybridized carbons (Fsp3) is 0.611. The molecule has 0 saturated heterocycles. The number of ether oxygens (including phenoxy) is 3. The molecule has 0 bridgehead atoms. The monoisotopic (exact) mass is 354 g/mol. The van der Waals surface area contributed by atoms with Crippen LogP contribution in [0.2, 0.25) is 0 Å². The van der Waals surface area contributed by atoms with Crippen LogP contribution in [0.25, 0.3) is 0 Å². The van der Waals surface area contributed by atoms with E-state index < -0.39 is 12.0 Å². The van der Waals surface area contributed by atoms with E-state index in [4.69, 9.17) is 19.9 Å². The number of hydrogen-bond donors (Lipinski definition) is 3. The zero-order chi connectivity index (χ0) is 18.7. The molecule has 2 unspecified atom stereocenters. The van der Waals surface area contributed by atoms with Gasteiger partial charge in [-0.15, -0.1) is 0 Å². The Bertz CT molecular complexity index is 524. The highest BCUT2D eigenvalue weighted by atomic mass is 16.5. The Morgan fingerprint density at radius 1 is 1.32 bits per heavy atom. The highest BCUT2D eigenvalue weighted by molar-refractivity contribution is 5.95. The molecule has 142 valence electrons. The van der Waals surface area contributed by atoms with Crippen molar-refractivity contribution in [1.82, 2.24) is 5.32 Å². The first-order chi connectivity index (χ1) is 12.0. The maximum atomic E-state index is 11.7. The number of nitrogens with two attached hydrogens (primary N) is 1. The van der Waals surface area contributed by atoms with Gasteiger partial charge in [-0.3, -0.25) is 4.79 Å². The quantitative estimate of drug-likeness (QED) is 0.461. The minimum Gasteiger partial charge on any atom is -0.490 e. The van der Waals surface area contributed by atoms with E-state index in [0.29, 0.717) is 44.3 Å². The lowest BCUT2D eigenvalue weighted by Crippen LogP contribution is -2.31. The Hall–Kier alpha value is -1.67. The van der Waals surface area contributed by atoms with Crippen LogP contribution >= 0.6 is 0 Å². The van der Waals surface area contributed by atoms with Crippen LogP contribution in [0.3, 0.4) is 0 Å². The van der Waals surface area contributed by atoms with Gasteiger partial charge in [0.1, 0.15) is 12.4 Å². The Morgan fingerprint density at radius 2 is 2.08 bits per heavy atom. The molecule has 0 saturated carbocycles. The Labute approximate surface area is 149 Å². The highest BCUT2D eigenvalue weighted by Gasteiger charge is 2.15. The minimum absolute atomic E-state index is 0.214. The summed E-state index contributed by atoms with van der Waals surface area (Å²) in [5.74, 6) is -0.202. The highest BCUT2D eigenvalue weighted by Crippen LogP contribution is 2.23. The Morgan fingerprint density at radius 3 is 2.72 bits per heavy atom. The molecule has 1 aromatic carbocycles. The third kappa shape index (κ3) is 7.83. The summed E-state index contributed by atoms with van der Waals surface area (Å²) in [5, 5.41) is 13.6. The van der Waals surface area contributed by atoms with Crippen molar-refractivity contribution in [3.63, 3.8) is 0 Å². The van der Waals surface area contributed by atoms with Crippen LogP contribution in [-0.4, -0.2) is 57.1 Å². The maximum Gasteiger partial charge on any atom is 0.252 e. The van der Waals surface area contributed by atoms with Gasteiger partial charge in [-0.25, -0.2) is 0 Å². The van der Waals surface area contributed by atoms with Crippen molar-refractivity contribution in [2.45, 2.75) is 32.4 Å². The molecule has 2 atom stereocenters. The van der Waals surface area contributed by atoms with Gasteiger partial charge in [-0.1, -0.05) is 6.07 Å². The van der Waals surface area contributed by atoms with Crippen molar-refractivity contribution in [1.29, 1.82) is 0 Å². The van der Waals surface area contributed by atoms with Crippen LogP contribution in [0.5, 0.6) is 5.75 Å². The molecule has 7 heteroatoms. The molecule has 0 fully saturated rings. The van der Waals surface area contributed by atoms with Gasteiger partial charge in [0.15, 0.2) is 0 Å². The lowest BCUT2D eigenvalue weighted by molar-refractivity contribution is 0.0978. The predicted molar refractivity (Wildman–Crippen MR) is 95.9 cm³/mol. The number of aliphatic hydroxyl groups excluding tert-OH is 1. The van der Waals surface area contributed by atoms with E-state index in [2.05, 4.69) is 5.32 Å². The number of hydrogen-bond acceptors (Lipinski definition) is 6. The standard InChI is InChI=1S/C18H30N2O5/c1-4-24-9-10-25-17-6-5-14(11-15(17)18(19)22)16(21)12-20-13(2)7-8-23-3/h5-6,11,13,16,20-21H,4,7-10,12H2,1-3H3,(H2,19,22). The first kappa shape index (κ1) is 21.4. The summed E-state index contributed by atoms with van der Waals surface area (Å²) in [5.41, 5.74) is 6.29. The first-order valence-corrected chi connectivity index (χ1v) is 8.54. The van der Waals surface area contributed by atoms with Gasteiger partial charge in [-0.2, -0.15) is 0 Å². The van der Waals surface area contributed by atoms with Crippen molar-refractivity contribution in [3.05, 3.63) is 29.3 Å². The fourth-order valence-electron chi connectivity index (χ4n) is 2.26. The average Bonchev–Trinajstić information content (AvgIpc) is 2.61. The van der Waals surface area contributed by atoms with E-state index in [1.165, 1.54) is 0 Å². The van der Waals surface area contributed by atoms with Gasteiger partial charge in [0.25, 0.3) is 5.91 Å². The summed E-state index contributed by atoms with van der Waals surface area (Å²) >= 11 is 0. The molecule has 1 rings (SSSR count). The van der Waals surface area contributed by atoms with Crippen LogP contribution in [0.4, 0.5) is 0 Å². The second-order valence-electron chi connectivity index (χ2n) is 5.77. The van der Waals surface area contributed by atoms with E-state index in [0.717, 1.165) is 6.42 Å². The number of nitrogens with one attached hydrogen (secondary N) is 1. The molecule has 4 N–H and O–H groups in total. The molecule has 7 nitrogen and oxygen atoms in total. The molecule has 0 aliphatic heterocycles. The number of rotatable bonds is 13. The maximum absolute atomic E-state index is 11.7. The van der Waals surface area contributed by atoms with Crippen molar-refractivity contribution in [2.24, 2.45) is 5.73 Å². The number of carbonyl (C=O) groups excluding carboxylic acids is 1. The SMILES string of the molecule is CCOCCOc1ccc(C(O)CNC(C)CCOC)cc1C(N)=O. The normalized spacial score (nSPS) is 13.4. The van der Waals surface area contributed by atoms with Gasteiger partial charge >= 0.3 is 0 Å². The lowest BCUT2D eigenvalue weighted by Gasteiger charge is -2.18. The van der Waals surface area contributed by atoms with E-state index in [9.17, 15) is 9.90 Å². The Balaban J connectivity index is 2.67. The smallest absolute Gasteiger partial charge is 0.252 e. The molecule has 0 aliphatic rings. The molecule has 1 aromatic rings. The summed E-state index contributed by atoms with van der Waals surface area (Å²) in [4.78, 5) is 11.7. The average molecular weight is 354 g/mol. The summed E-state index contributed by atoms with van der Waals surface area (Å²) in [6, 6.07) is 5.17. The summed E-state index contributed by atoms with van der Waals surface area (Å²) < 4.78 is 15.8.